The molecule has 7 nitrogen and oxygen atoms in total. The third-order valence-electron chi connectivity index (χ3n) is 2.96. The van der Waals surface area contributed by atoms with Crippen LogP contribution in [-0.4, -0.2) is 26.8 Å². The molecule has 0 radical (unpaired) electrons. The first-order valence-corrected chi connectivity index (χ1v) is 6.33. The molecule has 3 N–H and O–H groups in total. The predicted molar refractivity (Wildman–Crippen MR) is 78.2 cm³/mol. The number of aryl methyl sites for hydroxylation is 1. The largest absolute Gasteiger partial charge is 0.478 e. The summed E-state index contributed by atoms with van der Waals surface area (Å²) in [5.74, 6) is -1.13. The molecule has 0 spiro atoms. The molecule has 0 aliphatic heterocycles. The van der Waals surface area contributed by atoms with Crippen molar-refractivity contribution in [3.8, 4) is 0 Å². The molecule has 7 heteroatoms. The molecule has 1 aromatic heterocycles. The molecule has 0 saturated carbocycles. The number of hydrogen-bond acceptors (Lipinski definition) is 4. The van der Waals surface area contributed by atoms with E-state index in [9.17, 15) is 9.59 Å². The Balaban J connectivity index is 2.05. The summed E-state index contributed by atoms with van der Waals surface area (Å²) in [6.45, 7) is 1.79. The van der Waals surface area contributed by atoms with Crippen LogP contribution in [-0.2, 0) is 18.4 Å². The van der Waals surface area contributed by atoms with Crippen LogP contribution in [0.2, 0.25) is 0 Å². The van der Waals surface area contributed by atoms with Crippen LogP contribution in [0.25, 0.3) is 0 Å². The standard InChI is InChI=1S/C14H16N4O3/c1-9(19)17-11-5-3-10(4-6-11)15-8-13-12(14(20)21)7-16-18(13)2/h3-7,15H,8H2,1-2H3,(H,17,19)(H,20,21). The average molecular weight is 288 g/mol. The Morgan fingerprint density at radius 2 is 1.86 bits per heavy atom. The van der Waals surface area contributed by atoms with Crippen molar-refractivity contribution in [1.29, 1.82) is 0 Å². The van der Waals surface area contributed by atoms with Crippen LogP contribution in [0.1, 0.15) is 23.0 Å². The number of nitrogens with one attached hydrogen (secondary N) is 2. The first-order chi connectivity index (χ1) is 9.97. The van der Waals surface area contributed by atoms with Gasteiger partial charge in [0, 0.05) is 25.3 Å². The van der Waals surface area contributed by atoms with Gasteiger partial charge in [0.15, 0.2) is 0 Å². The van der Waals surface area contributed by atoms with Crippen molar-refractivity contribution in [2.45, 2.75) is 13.5 Å². The Kier molecular flexibility index (Phi) is 4.22. The topological polar surface area (TPSA) is 96.2 Å². The lowest BCUT2D eigenvalue weighted by molar-refractivity contribution is -0.114. The van der Waals surface area contributed by atoms with Gasteiger partial charge in [0.1, 0.15) is 5.56 Å². The maximum Gasteiger partial charge on any atom is 0.339 e. The van der Waals surface area contributed by atoms with Gasteiger partial charge in [-0.25, -0.2) is 4.79 Å². The van der Waals surface area contributed by atoms with Gasteiger partial charge >= 0.3 is 5.97 Å². The second-order valence-corrected chi connectivity index (χ2v) is 4.55. The number of rotatable bonds is 5. The number of aromatic nitrogens is 2. The maximum atomic E-state index is 11.1. The maximum absolute atomic E-state index is 11.1. The number of carboxylic acids is 1. The van der Waals surface area contributed by atoms with Gasteiger partial charge in [0.05, 0.1) is 18.4 Å². The highest BCUT2D eigenvalue weighted by molar-refractivity contribution is 5.89. The summed E-state index contributed by atoms with van der Waals surface area (Å²) >= 11 is 0. The number of aromatic carboxylic acids is 1. The summed E-state index contributed by atoms with van der Waals surface area (Å²) in [6, 6.07) is 7.15. The zero-order chi connectivity index (χ0) is 15.4. The van der Waals surface area contributed by atoms with E-state index in [-0.39, 0.29) is 11.5 Å². The first-order valence-electron chi connectivity index (χ1n) is 6.33. The van der Waals surface area contributed by atoms with E-state index in [0.717, 1.165) is 5.69 Å². The molecule has 0 atom stereocenters. The fraction of sp³-hybridized carbons (Fsp3) is 0.214. The van der Waals surface area contributed by atoms with Crippen molar-refractivity contribution >= 4 is 23.3 Å². The van der Waals surface area contributed by atoms with Gasteiger partial charge in [-0.15, -0.1) is 0 Å². The zero-order valence-electron chi connectivity index (χ0n) is 11.8. The number of amides is 1. The quantitative estimate of drug-likeness (QED) is 0.778. The number of nitrogens with zero attached hydrogens (tertiary/aromatic N) is 2. The van der Waals surface area contributed by atoms with E-state index in [2.05, 4.69) is 15.7 Å². The van der Waals surface area contributed by atoms with Crippen molar-refractivity contribution in [3.63, 3.8) is 0 Å². The van der Waals surface area contributed by atoms with Crippen molar-refractivity contribution in [1.82, 2.24) is 9.78 Å². The van der Waals surface area contributed by atoms with E-state index in [4.69, 9.17) is 5.11 Å². The van der Waals surface area contributed by atoms with E-state index in [1.807, 2.05) is 12.1 Å². The van der Waals surface area contributed by atoms with E-state index >= 15 is 0 Å². The summed E-state index contributed by atoms with van der Waals surface area (Å²) in [7, 11) is 1.70. The van der Waals surface area contributed by atoms with Gasteiger partial charge in [-0.05, 0) is 24.3 Å². The third kappa shape index (κ3) is 3.59. The molecule has 0 saturated heterocycles. The minimum Gasteiger partial charge on any atom is -0.478 e. The lowest BCUT2D eigenvalue weighted by Crippen LogP contribution is -2.10. The molecular formula is C14H16N4O3. The van der Waals surface area contributed by atoms with Crippen molar-refractivity contribution in [2.24, 2.45) is 7.05 Å². The zero-order valence-corrected chi connectivity index (χ0v) is 11.8. The number of carbonyl (C=O) groups is 2. The average Bonchev–Trinajstić information content (AvgIpc) is 2.79. The minimum absolute atomic E-state index is 0.128. The van der Waals surface area contributed by atoms with Crippen molar-refractivity contribution in [2.75, 3.05) is 10.6 Å². The number of anilines is 2. The molecule has 110 valence electrons. The Bertz CT molecular complexity index is 661. The second kappa shape index (κ2) is 6.08. The fourth-order valence-corrected chi connectivity index (χ4v) is 1.91. The van der Waals surface area contributed by atoms with Crippen LogP contribution >= 0.6 is 0 Å². The van der Waals surface area contributed by atoms with Crippen LogP contribution < -0.4 is 10.6 Å². The molecule has 1 heterocycles. The van der Waals surface area contributed by atoms with Crippen LogP contribution in [0, 0.1) is 0 Å². The van der Waals surface area contributed by atoms with Crippen LogP contribution in [0.4, 0.5) is 11.4 Å². The highest BCUT2D eigenvalue weighted by atomic mass is 16.4. The van der Waals surface area contributed by atoms with E-state index in [0.29, 0.717) is 17.9 Å². The summed E-state index contributed by atoms with van der Waals surface area (Å²) in [5.41, 5.74) is 2.30. The number of carbonyl (C=O) groups excluding carboxylic acids is 1. The Morgan fingerprint density at radius 1 is 1.24 bits per heavy atom. The molecule has 2 aromatic rings. The molecule has 0 unspecified atom stereocenters. The highest BCUT2D eigenvalue weighted by Crippen LogP contribution is 2.15. The predicted octanol–water partition coefficient (Wildman–Crippen LogP) is 1.69. The highest BCUT2D eigenvalue weighted by Gasteiger charge is 2.14. The van der Waals surface area contributed by atoms with E-state index in [1.54, 1.807) is 19.2 Å². The summed E-state index contributed by atoms with van der Waals surface area (Å²) in [6.07, 6.45) is 1.33. The lowest BCUT2D eigenvalue weighted by Gasteiger charge is -2.09. The SMILES string of the molecule is CC(=O)Nc1ccc(NCc2c(C(=O)O)cnn2C)cc1. The number of hydrogen-bond donors (Lipinski definition) is 3. The summed E-state index contributed by atoms with van der Waals surface area (Å²) in [4.78, 5) is 22.0. The van der Waals surface area contributed by atoms with Crippen LogP contribution in [0.3, 0.4) is 0 Å². The molecule has 1 aromatic carbocycles. The first kappa shape index (κ1) is 14.6. The molecule has 21 heavy (non-hydrogen) atoms. The van der Waals surface area contributed by atoms with Gasteiger partial charge in [-0.1, -0.05) is 0 Å². The van der Waals surface area contributed by atoms with E-state index < -0.39 is 5.97 Å². The van der Waals surface area contributed by atoms with Gasteiger partial charge in [0.2, 0.25) is 5.91 Å². The van der Waals surface area contributed by atoms with Crippen molar-refractivity contribution in [3.05, 3.63) is 41.7 Å². The van der Waals surface area contributed by atoms with Gasteiger partial charge in [0.25, 0.3) is 0 Å². The molecule has 0 aliphatic carbocycles. The summed E-state index contributed by atoms with van der Waals surface area (Å²) in [5, 5.41) is 18.8. The molecule has 0 bridgehead atoms. The Hall–Kier alpha value is -2.83. The third-order valence-corrected chi connectivity index (χ3v) is 2.96. The normalized spacial score (nSPS) is 10.2. The van der Waals surface area contributed by atoms with Gasteiger partial charge in [-0.2, -0.15) is 5.10 Å². The lowest BCUT2D eigenvalue weighted by atomic mass is 10.2. The fourth-order valence-electron chi connectivity index (χ4n) is 1.91. The molecule has 0 aliphatic rings. The Morgan fingerprint density at radius 3 is 2.43 bits per heavy atom. The molecule has 1 amide bonds. The molecule has 2 rings (SSSR count). The monoisotopic (exact) mass is 288 g/mol. The number of benzene rings is 1. The molecular weight excluding hydrogens is 272 g/mol. The Labute approximate surface area is 121 Å². The van der Waals surface area contributed by atoms with Gasteiger partial charge in [-0.3, -0.25) is 9.48 Å². The second-order valence-electron chi connectivity index (χ2n) is 4.55. The smallest absolute Gasteiger partial charge is 0.339 e. The molecule has 0 fully saturated rings. The summed E-state index contributed by atoms with van der Waals surface area (Å²) < 4.78 is 1.53. The van der Waals surface area contributed by atoms with Gasteiger partial charge < -0.3 is 15.7 Å². The minimum atomic E-state index is -0.999. The van der Waals surface area contributed by atoms with Crippen LogP contribution in [0.5, 0.6) is 0 Å². The van der Waals surface area contributed by atoms with E-state index in [1.165, 1.54) is 17.8 Å². The number of carboxylic acid groups (broad SMARTS) is 1. The van der Waals surface area contributed by atoms with Crippen molar-refractivity contribution < 1.29 is 14.7 Å². The van der Waals surface area contributed by atoms with Crippen LogP contribution in [0.15, 0.2) is 30.5 Å².